The number of hydrogen-bond donors (Lipinski definition) is 1. The summed E-state index contributed by atoms with van der Waals surface area (Å²) in [5.74, 6) is 0.383. The van der Waals surface area contributed by atoms with Crippen molar-refractivity contribution >= 4 is 15.5 Å². The molecule has 1 N–H and O–H groups in total. The first kappa shape index (κ1) is 31.8. The Balaban J connectivity index is 1.22. The van der Waals surface area contributed by atoms with Crippen molar-refractivity contribution in [2.24, 2.45) is 5.41 Å². The lowest BCUT2D eigenvalue weighted by Crippen LogP contribution is -2.66. The van der Waals surface area contributed by atoms with Gasteiger partial charge in [0, 0.05) is 31.1 Å². The van der Waals surface area contributed by atoms with Crippen molar-refractivity contribution in [2.75, 3.05) is 64.1 Å². The zero-order valence-corrected chi connectivity index (χ0v) is 28.2. The van der Waals surface area contributed by atoms with Crippen molar-refractivity contribution in [3.8, 4) is 5.75 Å². The minimum atomic E-state index is -3.61. The van der Waals surface area contributed by atoms with Crippen molar-refractivity contribution in [1.82, 2.24) is 4.90 Å². The lowest BCUT2D eigenvalue weighted by atomic mass is 9.68. The van der Waals surface area contributed by atoms with Gasteiger partial charge in [0.1, 0.15) is 5.75 Å². The van der Waals surface area contributed by atoms with Gasteiger partial charge in [-0.3, -0.25) is 0 Å². The Kier molecular flexibility index (Phi) is 8.85. The summed E-state index contributed by atoms with van der Waals surface area (Å²) in [6.45, 7) is 11.5. The van der Waals surface area contributed by atoms with E-state index in [1.807, 2.05) is 55.4 Å². The van der Waals surface area contributed by atoms with E-state index >= 15 is 0 Å². The molecule has 3 fully saturated rings. The molecule has 8 heteroatoms. The largest absolute Gasteiger partial charge is 0.494 e. The highest BCUT2D eigenvalue weighted by molar-refractivity contribution is 7.91. The van der Waals surface area contributed by atoms with E-state index in [1.54, 1.807) is 6.07 Å². The predicted molar refractivity (Wildman–Crippen MR) is 177 cm³/mol. The number of fused-ring (bicyclic) bond motifs is 1. The number of benzene rings is 2. The molecule has 0 bridgehead atoms. The number of hydrogen-bond acceptors (Lipinski definition) is 6. The van der Waals surface area contributed by atoms with Crippen LogP contribution in [0.5, 0.6) is 5.75 Å². The molecule has 1 spiro atoms. The van der Waals surface area contributed by atoms with E-state index in [1.165, 1.54) is 50.0 Å². The maximum atomic E-state index is 14.1. The van der Waals surface area contributed by atoms with Gasteiger partial charge >= 0.3 is 0 Å². The average Bonchev–Trinajstić information content (AvgIpc) is 3.73. The second kappa shape index (κ2) is 12.2. The van der Waals surface area contributed by atoms with Crippen LogP contribution in [0.15, 0.2) is 47.4 Å². The third kappa shape index (κ3) is 5.48. The Morgan fingerprint density at radius 2 is 1.73 bits per heavy atom. The van der Waals surface area contributed by atoms with E-state index in [0.29, 0.717) is 35.6 Å². The lowest BCUT2D eigenvalue weighted by Gasteiger charge is -2.50. The molecule has 2 aromatic rings. The SMILES string of the molecule is CCCCC1(CCCC)CS(=O)(=O)c2ccc(N(C)C)cc2[C@@H](c2ccc(OCCCC[N+]34CCN5CC53CC4)cc2)[C@H]1O. The smallest absolute Gasteiger partial charge is 0.179 e. The zero-order valence-electron chi connectivity index (χ0n) is 27.4. The fraction of sp³-hybridized carbons (Fsp3) is 0.667. The van der Waals surface area contributed by atoms with Crippen LogP contribution in [0, 0.1) is 5.41 Å². The number of aliphatic hydroxyl groups is 1. The lowest BCUT2D eigenvalue weighted by molar-refractivity contribution is -0.993. The third-order valence-electron chi connectivity index (χ3n) is 11.7. The van der Waals surface area contributed by atoms with Crippen LogP contribution in [-0.2, 0) is 9.84 Å². The molecular weight excluding hydrogens is 570 g/mol. The highest BCUT2D eigenvalue weighted by Crippen LogP contribution is 2.56. The number of ether oxygens (including phenoxy) is 1. The fourth-order valence-electron chi connectivity index (χ4n) is 8.86. The Morgan fingerprint density at radius 3 is 2.32 bits per heavy atom. The first-order valence-electron chi connectivity index (χ1n) is 17.2. The summed E-state index contributed by atoms with van der Waals surface area (Å²) >= 11 is 0. The number of sulfone groups is 1. The molecule has 0 radical (unpaired) electrons. The molecule has 7 nitrogen and oxygen atoms in total. The molecule has 0 saturated carbocycles. The van der Waals surface area contributed by atoms with E-state index in [9.17, 15) is 13.5 Å². The highest BCUT2D eigenvalue weighted by Gasteiger charge is 2.76. The molecule has 0 amide bonds. The summed E-state index contributed by atoms with van der Waals surface area (Å²) < 4.78 is 35.6. The average molecular weight is 625 g/mol. The minimum Gasteiger partial charge on any atom is -0.494 e. The van der Waals surface area contributed by atoms with E-state index in [-0.39, 0.29) is 5.75 Å². The number of anilines is 1. The van der Waals surface area contributed by atoms with Gasteiger partial charge in [0.05, 0.1) is 62.5 Å². The maximum Gasteiger partial charge on any atom is 0.179 e. The molecule has 242 valence electrons. The monoisotopic (exact) mass is 624 g/mol. The number of piperazine rings is 1. The second-order valence-corrected chi connectivity index (χ2v) is 16.4. The quantitative estimate of drug-likeness (QED) is 0.163. The first-order chi connectivity index (χ1) is 21.1. The number of aliphatic hydroxyl groups excluding tert-OH is 1. The summed E-state index contributed by atoms with van der Waals surface area (Å²) in [5, 5.41) is 12.4. The fourth-order valence-corrected chi connectivity index (χ4v) is 11.1. The molecule has 3 unspecified atom stereocenters. The van der Waals surface area contributed by atoms with Crippen molar-refractivity contribution in [3.63, 3.8) is 0 Å². The normalized spacial score (nSPS) is 30.8. The van der Waals surface area contributed by atoms with Crippen molar-refractivity contribution in [3.05, 3.63) is 53.6 Å². The third-order valence-corrected chi connectivity index (χ3v) is 13.7. The van der Waals surface area contributed by atoms with Gasteiger partial charge in [-0.25, -0.2) is 13.3 Å². The van der Waals surface area contributed by atoms with E-state index in [0.717, 1.165) is 49.1 Å². The van der Waals surface area contributed by atoms with Crippen LogP contribution < -0.4 is 9.64 Å². The summed E-state index contributed by atoms with van der Waals surface area (Å²) in [5.41, 5.74) is 2.42. The van der Waals surface area contributed by atoms with Crippen LogP contribution in [-0.4, -0.2) is 93.9 Å². The Bertz CT molecular complexity index is 1410. The number of nitrogens with zero attached hydrogens (tertiary/aromatic N) is 3. The van der Waals surface area contributed by atoms with Crippen LogP contribution in [0.2, 0.25) is 0 Å². The number of unbranched alkanes of at least 4 members (excludes halogenated alkanes) is 3. The zero-order chi connectivity index (χ0) is 31.2. The van der Waals surface area contributed by atoms with Gasteiger partial charge in [0.25, 0.3) is 0 Å². The van der Waals surface area contributed by atoms with Gasteiger partial charge in [0.15, 0.2) is 15.5 Å². The van der Waals surface area contributed by atoms with Gasteiger partial charge in [-0.05, 0) is 67.1 Å². The molecular formula is C36H54N3O4S+. The molecule has 0 aromatic heterocycles. The Morgan fingerprint density at radius 1 is 1.00 bits per heavy atom. The maximum absolute atomic E-state index is 14.1. The molecule has 6 rings (SSSR count). The van der Waals surface area contributed by atoms with Gasteiger partial charge in [-0.1, -0.05) is 51.7 Å². The van der Waals surface area contributed by atoms with Crippen LogP contribution in [0.4, 0.5) is 5.69 Å². The topological polar surface area (TPSA) is 69.8 Å². The van der Waals surface area contributed by atoms with E-state index in [4.69, 9.17) is 4.74 Å². The molecule has 3 saturated heterocycles. The first-order valence-corrected chi connectivity index (χ1v) is 18.8. The molecule has 5 atom stereocenters. The van der Waals surface area contributed by atoms with Crippen molar-refractivity contribution < 1.29 is 22.7 Å². The van der Waals surface area contributed by atoms with Crippen LogP contribution in [0.25, 0.3) is 0 Å². The van der Waals surface area contributed by atoms with Crippen LogP contribution in [0.1, 0.15) is 88.7 Å². The Hall–Kier alpha value is -2.13. The van der Waals surface area contributed by atoms with Crippen LogP contribution >= 0.6 is 0 Å². The summed E-state index contributed by atoms with van der Waals surface area (Å²) in [6.07, 6.45) is 7.95. The summed E-state index contributed by atoms with van der Waals surface area (Å²) in [4.78, 5) is 5.04. The molecule has 44 heavy (non-hydrogen) atoms. The molecule has 4 heterocycles. The van der Waals surface area contributed by atoms with Gasteiger partial charge in [0.2, 0.25) is 0 Å². The predicted octanol–water partition coefficient (Wildman–Crippen LogP) is 5.80. The van der Waals surface area contributed by atoms with Crippen molar-refractivity contribution in [1.29, 1.82) is 0 Å². The number of quaternary nitrogens is 1. The highest BCUT2D eigenvalue weighted by atomic mass is 32.2. The van der Waals surface area contributed by atoms with Crippen LogP contribution in [0.3, 0.4) is 0 Å². The minimum absolute atomic E-state index is 0.00762. The van der Waals surface area contributed by atoms with Gasteiger partial charge < -0.3 is 19.2 Å². The van der Waals surface area contributed by atoms with Gasteiger partial charge in [-0.2, -0.15) is 0 Å². The standard InChI is InChI=1S/C36H54N3O4S/c1-5-7-17-35(18-8-6-2)27-44(41,42)32-16-13-29(37(3)4)25-31(32)33(34(35)40)28-11-14-30(15-12-28)43-24-10-9-21-39-22-19-36(39)26-38(36)20-23-39/h11-16,25,33-34,40H,5-10,17-24,26-27H2,1-4H3/q+1/t33-,34-,36?,38?,39?/m1/s1. The second-order valence-electron chi connectivity index (χ2n) is 14.5. The molecule has 4 aliphatic rings. The molecule has 0 aliphatic carbocycles. The van der Waals surface area contributed by atoms with E-state index in [2.05, 4.69) is 18.7 Å². The summed E-state index contributed by atoms with van der Waals surface area (Å²) in [7, 11) is 0.326. The Labute approximate surface area is 265 Å². The van der Waals surface area contributed by atoms with E-state index < -0.39 is 27.3 Å². The molecule has 4 aliphatic heterocycles. The number of rotatable bonds is 14. The summed E-state index contributed by atoms with van der Waals surface area (Å²) in [6, 6.07) is 13.7. The van der Waals surface area contributed by atoms with Crippen molar-refractivity contribution in [2.45, 2.75) is 94.2 Å². The van der Waals surface area contributed by atoms with Gasteiger partial charge in [-0.15, -0.1) is 0 Å². The molecule has 2 aromatic carbocycles.